The van der Waals surface area contributed by atoms with Gasteiger partial charge in [-0.3, -0.25) is 9.59 Å². The highest BCUT2D eigenvalue weighted by Crippen LogP contribution is 2.24. The molecule has 2 aromatic rings. The van der Waals surface area contributed by atoms with Gasteiger partial charge in [0.15, 0.2) is 0 Å². The first-order chi connectivity index (χ1) is 12.6. The summed E-state index contributed by atoms with van der Waals surface area (Å²) in [6, 6.07) is 14.7. The summed E-state index contributed by atoms with van der Waals surface area (Å²) in [4.78, 5) is 25.3. The van der Waals surface area contributed by atoms with Crippen molar-refractivity contribution in [2.24, 2.45) is 5.92 Å². The van der Waals surface area contributed by atoms with E-state index in [1.165, 1.54) is 0 Å². The molecule has 0 fully saturated rings. The maximum atomic E-state index is 12.6. The Hall–Kier alpha value is -1.84. The normalized spacial score (nSPS) is 12.5. The molecule has 0 saturated carbocycles. The van der Waals surface area contributed by atoms with Gasteiger partial charge >= 0.3 is 5.97 Å². The average molecular weight is 407 g/mol. The zero-order chi connectivity index (χ0) is 20.0. The minimum Gasteiger partial charge on any atom is -0.460 e. The first-order valence-electron chi connectivity index (χ1n) is 8.86. The summed E-state index contributed by atoms with van der Waals surface area (Å²) in [7, 11) is 0. The fraction of sp³-hybridized carbons (Fsp3) is 0.364. The molecule has 0 heterocycles. The lowest BCUT2D eigenvalue weighted by molar-refractivity contribution is -0.161. The van der Waals surface area contributed by atoms with Crippen molar-refractivity contribution in [3.63, 3.8) is 0 Å². The van der Waals surface area contributed by atoms with E-state index in [1.807, 2.05) is 51.1 Å². The van der Waals surface area contributed by atoms with Crippen molar-refractivity contribution in [1.29, 1.82) is 0 Å². The van der Waals surface area contributed by atoms with Crippen molar-refractivity contribution in [2.75, 3.05) is 0 Å². The van der Waals surface area contributed by atoms with Gasteiger partial charge < -0.3 is 4.74 Å². The Morgan fingerprint density at radius 3 is 2.30 bits per heavy atom. The molecule has 2 aromatic carbocycles. The summed E-state index contributed by atoms with van der Waals surface area (Å²) in [6.45, 7) is 5.46. The van der Waals surface area contributed by atoms with Gasteiger partial charge in [-0.2, -0.15) is 0 Å². The van der Waals surface area contributed by atoms with Gasteiger partial charge in [0.2, 0.25) is 0 Å². The number of hydrogen-bond donors (Lipinski definition) is 0. The minimum absolute atomic E-state index is 0.0639. The van der Waals surface area contributed by atoms with Crippen LogP contribution in [0, 0.1) is 5.92 Å². The third kappa shape index (κ3) is 7.36. The first kappa shape index (κ1) is 21.5. The Kier molecular flexibility index (Phi) is 7.46. The zero-order valence-electron chi connectivity index (χ0n) is 15.8. The predicted octanol–water partition coefficient (Wildman–Crippen LogP) is 5.70. The van der Waals surface area contributed by atoms with Crippen molar-refractivity contribution in [1.82, 2.24) is 0 Å². The molecule has 5 heteroatoms. The summed E-state index contributed by atoms with van der Waals surface area (Å²) < 4.78 is 5.53. The molecule has 0 spiro atoms. The maximum absolute atomic E-state index is 12.6. The maximum Gasteiger partial charge on any atom is 0.310 e. The second-order valence-corrected chi connectivity index (χ2v) is 8.42. The largest absolute Gasteiger partial charge is 0.460 e. The van der Waals surface area contributed by atoms with Crippen LogP contribution in [0.15, 0.2) is 48.5 Å². The summed E-state index contributed by atoms with van der Waals surface area (Å²) in [5.74, 6) is -0.960. The summed E-state index contributed by atoms with van der Waals surface area (Å²) in [6.07, 6.45) is 0.711. The molecular weight excluding hydrogens is 383 g/mol. The van der Waals surface area contributed by atoms with Crippen molar-refractivity contribution in [3.8, 4) is 0 Å². The number of benzene rings is 2. The van der Waals surface area contributed by atoms with Gasteiger partial charge in [0.25, 0.3) is 0 Å². The van der Waals surface area contributed by atoms with Crippen molar-refractivity contribution >= 4 is 35.0 Å². The highest BCUT2D eigenvalue weighted by atomic mass is 35.5. The van der Waals surface area contributed by atoms with Gasteiger partial charge in [0.1, 0.15) is 11.4 Å². The summed E-state index contributed by atoms with van der Waals surface area (Å²) in [5.41, 5.74) is 1.09. The highest BCUT2D eigenvalue weighted by molar-refractivity contribution is 6.35. The van der Waals surface area contributed by atoms with Crippen molar-refractivity contribution in [2.45, 2.75) is 45.6 Å². The number of ether oxygens (including phenoxy) is 1. The summed E-state index contributed by atoms with van der Waals surface area (Å²) in [5, 5.41) is 0.972. The molecule has 0 unspecified atom stereocenters. The topological polar surface area (TPSA) is 43.4 Å². The third-order valence-electron chi connectivity index (χ3n) is 3.94. The molecule has 0 bridgehead atoms. The van der Waals surface area contributed by atoms with Crippen LogP contribution in [0.4, 0.5) is 0 Å². The van der Waals surface area contributed by atoms with Crippen LogP contribution in [0.25, 0.3) is 0 Å². The number of hydrogen-bond acceptors (Lipinski definition) is 3. The predicted molar refractivity (Wildman–Crippen MR) is 109 cm³/mol. The molecule has 1 atom stereocenters. The lowest BCUT2D eigenvalue weighted by Crippen LogP contribution is -2.31. The molecule has 0 aliphatic carbocycles. The Morgan fingerprint density at radius 1 is 1.04 bits per heavy atom. The number of carbonyl (C=O) groups excluding carboxylic acids is 2. The zero-order valence-corrected chi connectivity index (χ0v) is 17.3. The Balaban J connectivity index is 2.12. The SMILES string of the molecule is CC(C)(C)OC(=O)[C@@H](CC(=O)Cc1ccc(Cl)cc1Cl)Cc1ccccc1. The van der Waals surface area contributed by atoms with Gasteiger partial charge in [-0.1, -0.05) is 59.6 Å². The van der Waals surface area contributed by atoms with Crippen LogP contribution >= 0.6 is 23.2 Å². The van der Waals surface area contributed by atoms with E-state index in [2.05, 4.69) is 0 Å². The smallest absolute Gasteiger partial charge is 0.310 e. The number of carbonyl (C=O) groups is 2. The first-order valence-corrected chi connectivity index (χ1v) is 9.62. The van der Waals surface area contributed by atoms with Crippen LogP contribution < -0.4 is 0 Å². The molecule has 27 heavy (non-hydrogen) atoms. The molecule has 3 nitrogen and oxygen atoms in total. The quantitative estimate of drug-likeness (QED) is 0.554. The molecule has 2 rings (SSSR count). The fourth-order valence-electron chi connectivity index (χ4n) is 2.75. The lowest BCUT2D eigenvalue weighted by atomic mass is 9.92. The van der Waals surface area contributed by atoms with Gasteiger partial charge in [0, 0.05) is 22.9 Å². The molecular formula is C22H24Cl2O3. The summed E-state index contributed by atoms with van der Waals surface area (Å²) >= 11 is 12.1. The minimum atomic E-state index is -0.603. The van der Waals surface area contributed by atoms with Gasteiger partial charge in [-0.05, 0) is 50.5 Å². The van der Waals surface area contributed by atoms with E-state index < -0.39 is 11.5 Å². The van der Waals surface area contributed by atoms with Gasteiger partial charge in [0.05, 0.1) is 5.92 Å². The second kappa shape index (κ2) is 9.38. The standard InChI is InChI=1S/C22H24Cl2O3/c1-22(2,3)27-21(26)17(11-15-7-5-4-6-8-15)13-19(25)12-16-9-10-18(23)14-20(16)24/h4-10,14,17H,11-13H2,1-3H3/t17-/m1/s1. The van der Waals surface area contributed by atoms with Crippen LogP contribution in [-0.2, 0) is 27.2 Å². The lowest BCUT2D eigenvalue weighted by Gasteiger charge is -2.24. The molecule has 0 aliphatic rings. The van der Waals surface area contributed by atoms with E-state index in [0.29, 0.717) is 22.0 Å². The van der Waals surface area contributed by atoms with Crippen LogP contribution in [0.5, 0.6) is 0 Å². The van der Waals surface area contributed by atoms with E-state index in [1.54, 1.807) is 18.2 Å². The monoisotopic (exact) mass is 406 g/mol. The van der Waals surface area contributed by atoms with E-state index in [0.717, 1.165) is 5.56 Å². The molecule has 0 aliphatic heterocycles. The van der Waals surface area contributed by atoms with E-state index in [-0.39, 0.29) is 24.6 Å². The number of Topliss-reactive ketones (excluding diaryl/α,β-unsaturated/α-hetero) is 1. The molecule has 144 valence electrons. The van der Waals surface area contributed by atoms with Gasteiger partial charge in [-0.15, -0.1) is 0 Å². The van der Waals surface area contributed by atoms with E-state index in [9.17, 15) is 9.59 Å². The number of ketones is 1. The number of rotatable bonds is 7. The molecule has 0 N–H and O–H groups in total. The van der Waals surface area contributed by atoms with Gasteiger partial charge in [-0.25, -0.2) is 0 Å². The number of esters is 1. The highest BCUT2D eigenvalue weighted by Gasteiger charge is 2.27. The molecule has 0 saturated heterocycles. The third-order valence-corrected chi connectivity index (χ3v) is 4.53. The Morgan fingerprint density at radius 2 is 1.70 bits per heavy atom. The van der Waals surface area contributed by atoms with Crippen LogP contribution in [0.2, 0.25) is 10.0 Å². The Labute approximate surface area is 170 Å². The average Bonchev–Trinajstić information content (AvgIpc) is 2.56. The Bertz CT molecular complexity index is 795. The van der Waals surface area contributed by atoms with Crippen LogP contribution in [-0.4, -0.2) is 17.4 Å². The van der Waals surface area contributed by atoms with Crippen molar-refractivity contribution < 1.29 is 14.3 Å². The van der Waals surface area contributed by atoms with E-state index >= 15 is 0 Å². The second-order valence-electron chi connectivity index (χ2n) is 7.58. The van der Waals surface area contributed by atoms with Crippen molar-refractivity contribution in [3.05, 3.63) is 69.7 Å². The number of halogens is 2. The van der Waals surface area contributed by atoms with E-state index in [4.69, 9.17) is 27.9 Å². The molecule has 0 aromatic heterocycles. The fourth-order valence-corrected chi connectivity index (χ4v) is 3.22. The van der Waals surface area contributed by atoms with Crippen LogP contribution in [0.1, 0.15) is 38.3 Å². The molecule has 0 radical (unpaired) electrons. The molecule has 0 amide bonds. The van der Waals surface area contributed by atoms with Crippen LogP contribution in [0.3, 0.4) is 0 Å².